The lowest BCUT2D eigenvalue weighted by atomic mass is 9.81. The molecular formula is C12H11N3O6. The lowest BCUT2D eigenvalue weighted by molar-refractivity contribution is -0.547. The van der Waals surface area contributed by atoms with Crippen LogP contribution in [0.25, 0.3) is 5.76 Å². The molecule has 1 aromatic heterocycles. The average molecular weight is 293 g/mol. The van der Waals surface area contributed by atoms with Gasteiger partial charge in [0.2, 0.25) is 5.76 Å². The van der Waals surface area contributed by atoms with Crippen LogP contribution in [0.15, 0.2) is 24.0 Å². The van der Waals surface area contributed by atoms with E-state index in [1.54, 1.807) is 0 Å². The van der Waals surface area contributed by atoms with Crippen LogP contribution in [0.5, 0.6) is 0 Å². The van der Waals surface area contributed by atoms with Gasteiger partial charge in [0, 0.05) is 17.5 Å². The number of hydrogen-bond donors (Lipinski definition) is 1. The summed E-state index contributed by atoms with van der Waals surface area (Å²) in [6.07, 6.45) is 0.870. The first kappa shape index (κ1) is 14.6. The Kier molecular flexibility index (Phi) is 3.66. The van der Waals surface area contributed by atoms with Gasteiger partial charge in [0.25, 0.3) is 6.04 Å². The van der Waals surface area contributed by atoms with Crippen molar-refractivity contribution >= 4 is 11.5 Å². The number of Topliss-reactive ketones (excluding diaryl/α,β-unsaturated/α-hetero) is 1. The first-order chi connectivity index (χ1) is 9.84. The molecule has 2 rings (SSSR count). The van der Waals surface area contributed by atoms with Crippen LogP contribution in [-0.4, -0.2) is 25.7 Å². The second-order valence-corrected chi connectivity index (χ2v) is 4.68. The fourth-order valence-electron chi connectivity index (χ4n) is 2.52. The van der Waals surface area contributed by atoms with Crippen molar-refractivity contribution in [1.29, 1.82) is 0 Å². The molecule has 0 amide bonds. The summed E-state index contributed by atoms with van der Waals surface area (Å²) in [6, 6.07) is 1.31. The van der Waals surface area contributed by atoms with Gasteiger partial charge in [0.15, 0.2) is 0 Å². The molecule has 0 spiro atoms. The smallest absolute Gasteiger partial charge is 0.300 e. The Hall–Kier alpha value is -2.84. The van der Waals surface area contributed by atoms with Crippen LogP contribution in [0, 0.1) is 26.1 Å². The molecule has 0 saturated heterocycles. The van der Waals surface area contributed by atoms with Gasteiger partial charge < -0.3 is 5.11 Å². The third-order valence-electron chi connectivity index (χ3n) is 3.29. The summed E-state index contributed by atoms with van der Waals surface area (Å²) in [5.74, 6) is -2.49. The van der Waals surface area contributed by atoms with Crippen LogP contribution in [0.2, 0.25) is 0 Å². The number of hydrogen-bond acceptors (Lipinski definition) is 7. The number of carbonyl (C=O) groups excluding carboxylic acids is 1. The predicted molar refractivity (Wildman–Crippen MR) is 69.3 cm³/mol. The molecule has 0 aromatic carbocycles. The van der Waals surface area contributed by atoms with Crippen LogP contribution in [0.1, 0.15) is 30.6 Å². The lowest BCUT2D eigenvalue weighted by Crippen LogP contribution is -2.32. The molecule has 0 saturated carbocycles. The fraction of sp³-hybridized carbons (Fsp3) is 0.333. The Morgan fingerprint density at radius 1 is 1.43 bits per heavy atom. The summed E-state index contributed by atoms with van der Waals surface area (Å²) in [6.45, 7) is 1.18. The Morgan fingerprint density at radius 2 is 2.10 bits per heavy atom. The van der Waals surface area contributed by atoms with Crippen molar-refractivity contribution in [3.8, 4) is 0 Å². The first-order valence-corrected chi connectivity index (χ1v) is 6.00. The van der Waals surface area contributed by atoms with E-state index >= 15 is 0 Å². The molecule has 0 radical (unpaired) electrons. The molecule has 1 aliphatic rings. The number of aliphatic hydroxyl groups excluding tert-OH is 1. The predicted octanol–water partition coefficient (Wildman–Crippen LogP) is 1.51. The summed E-state index contributed by atoms with van der Waals surface area (Å²) in [5, 5.41) is 32.5. The van der Waals surface area contributed by atoms with E-state index in [1.165, 1.54) is 25.3 Å². The van der Waals surface area contributed by atoms with E-state index in [0.717, 1.165) is 0 Å². The third-order valence-corrected chi connectivity index (χ3v) is 3.29. The van der Waals surface area contributed by atoms with Gasteiger partial charge in [0.1, 0.15) is 17.4 Å². The number of pyridine rings is 1. The van der Waals surface area contributed by atoms with Crippen molar-refractivity contribution in [3.63, 3.8) is 0 Å². The number of rotatable bonds is 4. The number of ketones is 1. The molecule has 9 heteroatoms. The van der Waals surface area contributed by atoms with Gasteiger partial charge in [-0.2, -0.15) is 0 Å². The molecule has 1 aliphatic carbocycles. The number of carbonyl (C=O) groups is 1. The van der Waals surface area contributed by atoms with Gasteiger partial charge in [-0.05, 0) is 19.1 Å². The van der Waals surface area contributed by atoms with E-state index in [2.05, 4.69) is 4.98 Å². The zero-order chi connectivity index (χ0) is 15.7. The van der Waals surface area contributed by atoms with Crippen LogP contribution in [-0.2, 0) is 4.79 Å². The van der Waals surface area contributed by atoms with Crippen molar-refractivity contribution in [2.75, 3.05) is 0 Å². The Labute approximate surface area is 118 Å². The summed E-state index contributed by atoms with van der Waals surface area (Å²) >= 11 is 0. The summed E-state index contributed by atoms with van der Waals surface area (Å²) < 4.78 is 0. The highest BCUT2D eigenvalue weighted by atomic mass is 16.6. The molecular weight excluding hydrogens is 282 g/mol. The van der Waals surface area contributed by atoms with Crippen LogP contribution in [0.4, 0.5) is 0 Å². The topological polar surface area (TPSA) is 136 Å². The molecule has 0 aliphatic heterocycles. The van der Waals surface area contributed by atoms with E-state index in [9.17, 15) is 30.1 Å². The van der Waals surface area contributed by atoms with E-state index in [-0.39, 0.29) is 11.3 Å². The van der Waals surface area contributed by atoms with Crippen molar-refractivity contribution in [1.82, 2.24) is 4.98 Å². The highest BCUT2D eigenvalue weighted by Gasteiger charge is 2.50. The summed E-state index contributed by atoms with van der Waals surface area (Å²) in [5.41, 5.74) is -0.861. The molecule has 21 heavy (non-hydrogen) atoms. The van der Waals surface area contributed by atoms with Crippen LogP contribution in [0.3, 0.4) is 0 Å². The maximum atomic E-state index is 11.3. The fourth-order valence-corrected chi connectivity index (χ4v) is 2.52. The molecule has 9 nitrogen and oxygen atoms in total. The summed E-state index contributed by atoms with van der Waals surface area (Å²) in [7, 11) is 0. The molecule has 1 heterocycles. The second-order valence-electron chi connectivity index (χ2n) is 4.68. The van der Waals surface area contributed by atoms with Gasteiger partial charge in [-0.25, -0.2) is 0 Å². The zero-order valence-corrected chi connectivity index (χ0v) is 10.9. The molecule has 2 atom stereocenters. The molecule has 2 unspecified atom stereocenters. The number of fused-ring (bicyclic) bond motifs is 1. The minimum absolute atomic E-state index is 0.0665. The average Bonchev–Trinajstić information content (AvgIpc) is 2.37. The highest BCUT2D eigenvalue weighted by Crippen LogP contribution is 2.43. The molecule has 110 valence electrons. The monoisotopic (exact) mass is 293 g/mol. The third kappa shape index (κ3) is 2.45. The molecule has 0 fully saturated rings. The first-order valence-electron chi connectivity index (χ1n) is 6.00. The molecule has 1 aromatic rings. The SMILES string of the molecule is CC(=O)CC1C([N+](=O)[O-])=C(O)c2ncccc2C1[N+](=O)[O-]. The number of nitro groups is 2. The Morgan fingerprint density at radius 3 is 2.62 bits per heavy atom. The van der Waals surface area contributed by atoms with Crippen molar-refractivity contribution in [3.05, 3.63) is 55.5 Å². The maximum Gasteiger partial charge on any atom is 0.300 e. The van der Waals surface area contributed by atoms with Gasteiger partial charge in [-0.15, -0.1) is 0 Å². The van der Waals surface area contributed by atoms with Gasteiger partial charge in [0.05, 0.1) is 10.5 Å². The second kappa shape index (κ2) is 5.27. The van der Waals surface area contributed by atoms with E-state index < -0.39 is 45.5 Å². The number of nitrogens with zero attached hydrogens (tertiary/aromatic N) is 3. The van der Waals surface area contributed by atoms with Crippen molar-refractivity contribution in [2.24, 2.45) is 5.92 Å². The maximum absolute atomic E-state index is 11.3. The van der Waals surface area contributed by atoms with Gasteiger partial charge >= 0.3 is 5.70 Å². The lowest BCUT2D eigenvalue weighted by Gasteiger charge is -2.24. The zero-order valence-electron chi connectivity index (χ0n) is 10.9. The van der Waals surface area contributed by atoms with E-state index in [0.29, 0.717) is 0 Å². The van der Waals surface area contributed by atoms with Gasteiger partial charge in [-0.3, -0.25) is 30.0 Å². The standard InChI is InChI=1S/C12H11N3O6/c1-6(16)5-8-10(14(18)19)7-3-2-4-13-9(7)12(17)11(8)15(20)21/h2-4,8,10,17H,5H2,1H3. The van der Waals surface area contributed by atoms with E-state index in [1.807, 2.05) is 0 Å². The minimum Gasteiger partial charge on any atom is -0.501 e. The Balaban J connectivity index is 2.72. The Bertz CT molecular complexity index is 669. The van der Waals surface area contributed by atoms with Crippen LogP contribution >= 0.6 is 0 Å². The van der Waals surface area contributed by atoms with Crippen molar-refractivity contribution < 1.29 is 19.7 Å². The van der Waals surface area contributed by atoms with Gasteiger partial charge in [-0.1, -0.05) is 0 Å². The normalized spacial score (nSPS) is 20.8. The highest BCUT2D eigenvalue weighted by molar-refractivity contribution is 5.77. The largest absolute Gasteiger partial charge is 0.501 e. The molecule has 1 N–H and O–H groups in total. The number of aliphatic hydroxyl groups is 1. The number of aromatic nitrogens is 1. The van der Waals surface area contributed by atoms with Crippen LogP contribution < -0.4 is 0 Å². The minimum atomic E-state index is -1.49. The quantitative estimate of drug-likeness (QED) is 0.656. The molecule has 0 bridgehead atoms. The van der Waals surface area contributed by atoms with E-state index in [4.69, 9.17) is 0 Å². The van der Waals surface area contributed by atoms with Crippen molar-refractivity contribution in [2.45, 2.75) is 19.4 Å². The summed E-state index contributed by atoms with van der Waals surface area (Å²) in [4.78, 5) is 36.0.